The van der Waals surface area contributed by atoms with E-state index in [4.69, 9.17) is 21.1 Å². The molecule has 6 heteroatoms. The van der Waals surface area contributed by atoms with Gasteiger partial charge in [0.1, 0.15) is 6.61 Å². The van der Waals surface area contributed by atoms with Gasteiger partial charge in [0.2, 0.25) is 0 Å². The minimum Gasteiger partial charge on any atom is -0.487 e. The van der Waals surface area contributed by atoms with Crippen LogP contribution in [-0.4, -0.2) is 28.2 Å². The molecule has 1 aromatic carbocycles. The molecule has 0 amide bonds. The molecule has 0 fully saturated rings. The van der Waals surface area contributed by atoms with Crippen molar-refractivity contribution in [1.82, 2.24) is 9.78 Å². The Labute approximate surface area is 122 Å². The van der Waals surface area contributed by atoms with E-state index in [9.17, 15) is 4.79 Å². The number of halogens is 1. The van der Waals surface area contributed by atoms with Crippen LogP contribution in [0.3, 0.4) is 0 Å². The number of ether oxygens (including phenoxy) is 2. The molecule has 106 valence electrons. The molecule has 1 heterocycles. The second-order valence-electron chi connectivity index (χ2n) is 4.14. The maximum Gasteiger partial charge on any atom is 0.274 e. The Morgan fingerprint density at radius 1 is 1.30 bits per heavy atom. The van der Waals surface area contributed by atoms with Crippen LogP contribution in [0.15, 0.2) is 36.5 Å². The molecule has 0 aliphatic rings. The van der Waals surface area contributed by atoms with Gasteiger partial charge in [-0.15, -0.1) is 0 Å². The molecule has 0 spiro atoms. The van der Waals surface area contributed by atoms with Crippen molar-refractivity contribution in [2.75, 3.05) is 13.2 Å². The highest BCUT2D eigenvalue weighted by atomic mass is 35.5. The number of aromatic nitrogens is 2. The van der Waals surface area contributed by atoms with Gasteiger partial charge in [0.15, 0.2) is 11.4 Å². The van der Waals surface area contributed by atoms with Crippen molar-refractivity contribution in [1.29, 1.82) is 0 Å². The van der Waals surface area contributed by atoms with Crippen molar-refractivity contribution < 1.29 is 14.3 Å². The van der Waals surface area contributed by atoms with E-state index in [1.165, 1.54) is 10.9 Å². The summed E-state index contributed by atoms with van der Waals surface area (Å²) < 4.78 is 12.3. The predicted octanol–water partition coefficient (Wildman–Crippen LogP) is 2.39. The standard InChI is InChI=1S/C14H15ClN2O3/c1-17-13(14(15)18)12(9-16-17)20-8-7-19-10-11-5-3-2-4-6-11/h2-6,9H,7-8,10H2,1H3. The van der Waals surface area contributed by atoms with Crippen molar-refractivity contribution in [3.05, 3.63) is 47.8 Å². The quantitative estimate of drug-likeness (QED) is 0.581. The summed E-state index contributed by atoms with van der Waals surface area (Å²) in [6.07, 6.45) is 1.47. The second-order valence-corrected chi connectivity index (χ2v) is 4.48. The highest BCUT2D eigenvalue weighted by Crippen LogP contribution is 2.18. The fourth-order valence-corrected chi connectivity index (χ4v) is 1.94. The molecule has 0 N–H and O–H groups in total. The van der Waals surface area contributed by atoms with E-state index in [-0.39, 0.29) is 5.69 Å². The Morgan fingerprint density at radius 3 is 2.75 bits per heavy atom. The van der Waals surface area contributed by atoms with Crippen LogP contribution in [0.25, 0.3) is 0 Å². The number of hydrogen-bond donors (Lipinski definition) is 0. The minimum absolute atomic E-state index is 0.245. The Bertz CT molecular complexity index is 569. The zero-order chi connectivity index (χ0) is 14.4. The molecule has 20 heavy (non-hydrogen) atoms. The highest BCUT2D eigenvalue weighted by Gasteiger charge is 2.15. The van der Waals surface area contributed by atoms with Crippen LogP contribution in [-0.2, 0) is 18.4 Å². The lowest BCUT2D eigenvalue weighted by Gasteiger charge is -2.07. The average Bonchev–Trinajstić information content (AvgIpc) is 2.81. The van der Waals surface area contributed by atoms with Crippen LogP contribution in [0.5, 0.6) is 5.75 Å². The topological polar surface area (TPSA) is 53.4 Å². The lowest BCUT2D eigenvalue weighted by Crippen LogP contribution is -2.09. The van der Waals surface area contributed by atoms with Crippen LogP contribution in [0.4, 0.5) is 0 Å². The Morgan fingerprint density at radius 2 is 2.05 bits per heavy atom. The van der Waals surface area contributed by atoms with E-state index in [1.807, 2.05) is 30.3 Å². The van der Waals surface area contributed by atoms with E-state index < -0.39 is 5.24 Å². The van der Waals surface area contributed by atoms with Crippen LogP contribution in [0, 0.1) is 0 Å². The summed E-state index contributed by atoms with van der Waals surface area (Å²) in [4.78, 5) is 11.2. The molecule has 5 nitrogen and oxygen atoms in total. The van der Waals surface area contributed by atoms with E-state index >= 15 is 0 Å². The monoisotopic (exact) mass is 294 g/mol. The Kier molecular flexibility index (Phi) is 5.15. The van der Waals surface area contributed by atoms with Gasteiger partial charge in [-0.05, 0) is 17.2 Å². The zero-order valence-corrected chi connectivity index (χ0v) is 11.8. The predicted molar refractivity (Wildman–Crippen MR) is 75.0 cm³/mol. The molecule has 0 unspecified atom stereocenters. The Hall–Kier alpha value is -1.85. The molecule has 0 atom stereocenters. The van der Waals surface area contributed by atoms with E-state index in [1.54, 1.807) is 7.05 Å². The summed E-state index contributed by atoms with van der Waals surface area (Å²) in [7, 11) is 1.63. The first-order valence-corrected chi connectivity index (χ1v) is 6.52. The first-order chi connectivity index (χ1) is 9.68. The number of rotatable bonds is 7. The molecule has 0 radical (unpaired) electrons. The molecule has 0 saturated heterocycles. The maximum absolute atomic E-state index is 11.2. The van der Waals surface area contributed by atoms with Gasteiger partial charge >= 0.3 is 0 Å². The molecule has 0 aliphatic carbocycles. The number of nitrogens with zero attached hydrogens (tertiary/aromatic N) is 2. The summed E-state index contributed by atoms with van der Waals surface area (Å²) in [5.74, 6) is 0.371. The molecule has 2 aromatic rings. The number of hydrogen-bond acceptors (Lipinski definition) is 4. The van der Waals surface area contributed by atoms with E-state index in [0.717, 1.165) is 5.56 Å². The van der Waals surface area contributed by atoms with Gasteiger partial charge in [-0.3, -0.25) is 9.48 Å². The minimum atomic E-state index is -0.592. The zero-order valence-electron chi connectivity index (χ0n) is 11.1. The normalized spacial score (nSPS) is 10.5. The summed E-state index contributed by atoms with van der Waals surface area (Å²) in [5.41, 5.74) is 1.35. The van der Waals surface area contributed by atoms with Gasteiger partial charge in [-0.2, -0.15) is 5.10 Å². The third kappa shape index (κ3) is 3.82. The van der Waals surface area contributed by atoms with Gasteiger partial charge in [0.05, 0.1) is 19.4 Å². The summed E-state index contributed by atoms with van der Waals surface area (Å²) >= 11 is 5.46. The summed E-state index contributed by atoms with van der Waals surface area (Å²) in [6.45, 7) is 1.27. The fourth-order valence-electron chi connectivity index (χ4n) is 1.72. The maximum atomic E-state index is 11.2. The molecule has 1 aromatic heterocycles. The third-order valence-corrected chi connectivity index (χ3v) is 2.87. The average molecular weight is 295 g/mol. The molecule has 0 saturated carbocycles. The third-order valence-electron chi connectivity index (χ3n) is 2.69. The smallest absolute Gasteiger partial charge is 0.274 e. The lowest BCUT2D eigenvalue weighted by molar-refractivity contribution is 0.0879. The number of carbonyl (C=O) groups excluding carboxylic acids is 1. The number of benzene rings is 1. The highest BCUT2D eigenvalue weighted by molar-refractivity contribution is 6.67. The summed E-state index contributed by atoms with van der Waals surface area (Å²) in [5, 5.41) is 3.34. The molecule has 0 aliphatic heterocycles. The number of aryl methyl sites for hydroxylation is 1. The second kappa shape index (κ2) is 7.07. The lowest BCUT2D eigenvalue weighted by atomic mass is 10.2. The van der Waals surface area contributed by atoms with Gasteiger partial charge < -0.3 is 9.47 Å². The summed E-state index contributed by atoms with van der Waals surface area (Å²) in [6, 6.07) is 9.87. The molecule has 0 bridgehead atoms. The van der Waals surface area contributed by atoms with Crippen molar-refractivity contribution >= 4 is 16.8 Å². The van der Waals surface area contributed by atoms with Crippen LogP contribution >= 0.6 is 11.6 Å². The van der Waals surface area contributed by atoms with Crippen LogP contribution < -0.4 is 4.74 Å². The van der Waals surface area contributed by atoms with Crippen molar-refractivity contribution in [2.24, 2.45) is 7.05 Å². The number of carbonyl (C=O) groups is 1. The Balaban J connectivity index is 1.75. The van der Waals surface area contributed by atoms with Crippen molar-refractivity contribution in [3.8, 4) is 5.75 Å². The largest absolute Gasteiger partial charge is 0.487 e. The van der Waals surface area contributed by atoms with Gasteiger partial charge in [0.25, 0.3) is 5.24 Å². The fraction of sp³-hybridized carbons (Fsp3) is 0.286. The molecule has 2 rings (SSSR count). The van der Waals surface area contributed by atoms with Crippen LogP contribution in [0.2, 0.25) is 0 Å². The molecular weight excluding hydrogens is 280 g/mol. The van der Waals surface area contributed by atoms with Gasteiger partial charge in [-0.1, -0.05) is 30.3 Å². The first-order valence-electron chi connectivity index (χ1n) is 6.15. The van der Waals surface area contributed by atoms with Crippen molar-refractivity contribution in [2.45, 2.75) is 6.61 Å². The van der Waals surface area contributed by atoms with E-state index in [2.05, 4.69) is 5.10 Å². The molecular formula is C14H15ClN2O3. The SMILES string of the molecule is Cn1ncc(OCCOCc2ccccc2)c1C(=O)Cl. The van der Waals surface area contributed by atoms with Crippen LogP contribution in [0.1, 0.15) is 16.1 Å². The van der Waals surface area contributed by atoms with E-state index in [0.29, 0.717) is 25.6 Å². The van der Waals surface area contributed by atoms with Crippen molar-refractivity contribution in [3.63, 3.8) is 0 Å². The van der Waals surface area contributed by atoms with Gasteiger partial charge in [0, 0.05) is 7.05 Å². The first kappa shape index (κ1) is 14.6. The van der Waals surface area contributed by atoms with Gasteiger partial charge in [-0.25, -0.2) is 0 Å².